The molecule has 0 aliphatic heterocycles. The monoisotopic (exact) mass is 330 g/mol. The predicted octanol–water partition coefficient (Wildman–Crippen LogP) is 2.27. The molecule has 0 aliphatic rings. The number of aliphatic hydroxyl groups excluding tert-OH is 2. The third kappa shape index (κ3) is 5.72. The van der Waals surface area contributed by atoms with E-state index in [1.165, 1.54) is 0 Å². The number of aliphatic carboxylic acids is 1. The first kappa shape index (κ1) is 16.1. The molecule has 2 atom stereocenters. The lowest BCUT2D eigenvalue weighted by Gasteiger charge is -2.17. The maximum atomic E-state index is 10.4. The number of halogens is 1. The summed E-state index contributed by atoms with van der Waals surface area (Å²) in [4.78, 5) is 10.4. The Morgan fingerprint density at radius 1 is 1.21 bits per heavy atom. The van der Waals surface area contributed by atoms with Gasteiger partial charge in [-0.3, -0.25) is 4.79 Å². The molecular weight excluding hydrogens is 312 g/mol. The summed E-state index contributed by atoms with van der Waals surface area (Å²) < 4.78 is 0. The minimum Gasteiger partial charge on any atom is -0.481 e. The fourth-order valence-electron chi connectivity index (χ4n) is 1.82. The van der Waals surface area contributed by atoms with Gasteiger partial charge in [0.15, 0.2) is 0 Å². The van der Waals surface area contributed by atoms with Crippen LogP contribution in [0.1, 0.15) is 36.5 Å². The number of aryl methyl sites for hydroxylation is 1. The average Bonchev–Trinajstić information content (AvgIpc) is 2.38. The summed E-state index contributed by atoms with van der Waals surface area (Å²) in [5.41, 5.74) is 1.71. The Morgan fingerprint density at radius 3 is 2.37 bits per heavy atom. The molecule has 106 valence electrons. The molecule has 0 radical (unpaired) electrons. The van der Waals surface area contributed by atoms with Gasteiger partial charge in [0.05, 0.1) is 6.10 Å². The van der Waals surface area contributed by atoms with E-state index in [1.807, 2.05) is 12.1 Å². The molecule has 5 heteroatoms. The van der Waals surface area contributed by atoms with Crippen LogP contribution in [0.25, 0.3) is 0 Å². The zero-order chi connectivity index (χ0) is 14.3. The van der Waals surface area contributed by atoms with Gasteiger partial charge in [0, 0.05) is 11.8 Å². The SMILES string of the molecule is O=C(O)CCCc1ccc(C(O)C(O)CCBr)cc1. The van der Waals surface area contributed by atoms with Gasteiger partial charge in [-0.25, -0.2) is 0 Å². The molecule has 0 spiro atoms. The van der Waals surface area contributed by atoms with Crippen LogP contribution in [0.5, 0.6) is 0 Å². The van der Waals surface area contributed by atoms with Crippen molar-refractivity contribution in [3.8, 4) is 0 Å². The van der Waals surface area contributed by atoms with Crippen LogP contribution in [0.3, 0.4) is 0 Å². The number of rotatable bonds is 8. The van der Waals surface area contributed by atoms with Crippen LogP contribution >= 0.6 is 15.9 Å². The summed E-state index contributed by atoms with van der Waals surface area (Å²) >= 11 is 3.22. The van der Waals surface area contributed by atoms with Crippen LogP contribution in [0.15, 0.2) is 24.3 Å². The highest BCUT2D eigenvalue weighted by Crippen LogP contribution is 2.20. The van der Waals surface area contributed by atoms with Crippen molar-refractivity contribution in [2.45, 2.75) is 37.9 Å². The van der Waals surface area contributed by atoms with Crippen molar-refractivity contribution in [3.63, 3.8) is 0 Å². The lowest BCUT2D eigenvalue weighted by atomic mass is 10.00. The van der Waals surface area contributed by atoms with Crippen molar-refractivity contribution in [2.24, 2.45) is 0 Å². The summed E-state index contributed by atoms with van der Waals surface area (Å²) in [6.07, 6.45) is 0.286. The van der Waals surface area contributed by atoms with E-state index in [1.54, 1.807) is 12.1 Å². The van der Waals surface area contributed by atoms with Gasteiger partial charge in [-0.2, -0.15) is 0 Å². The van der Waals surface area contributed by atoms with Gasteiger partial charge in [0.2, 0.25) is 0 Å². The molecule has 4 nitrogen and oxygen atoms in total. The zero-order valence-electron chi connectivity index (χ0n) is 10.6. The second-order valence-corrected chi connectivity index (χ2v) is 5.27. The van der Waals surface area contributed by atoms with Crippen molar-refractivity contribution in [1.29, 1.82) is 0 Å². The quantitative estimate of drug-likeness (QED) is 0.639. The molecule has 0 amide bonds. The molecule has 0 bridgehead atoms. The van der Waals surface area contributed by atoms with Crippen LogP contribution in [-0.2, 0) is 11.2 Å². The molecule has 1 rings (SSSR count). The second-order valence-electron chi connectivity index (χ2n) is 4.48. The van der Waals surface area contributed by atoms with Gasteiger partial charge >= 0.3 is 5.97 Å². The van der Waals surface area contributed by atoms with E-state index >= 15 is 0 Å². The molecule has 2 unspecified atom stereocenters. The van der Waals surface area contributed by atoms with Crippen molar-refractivity contribution < 1.29 is 20.1 Å². The molecule has 19 heavy (non-hydrogen) atoms. The first-order valence-electron chi connectivity index (χ1n) is 6.27. The van der Waals surface area contributed by atoms with Crippen molar-refractivity contribution in [1.82, 2.24) is 0 Å². The van der Waals surface area contributed by atoms with E-state index in [-0.39, 0.29) is 6.42 Å². The summed E-state index contributed by atoms with van der Waals surface area (Å²) in [5, 5.41) is 28.8. The maximum absolute atomic E-state index is 10.4. The Bertz CT molecular complexity index is 391. The molecule has 0 heterocycles. The molecule has 1 aromatic rings. The first-order chi connectivity index (χ1) is 9.04. The largest absolute Gasteiger partial charge is 0.481 e. The van der Waals surface area contributed by atoms with Gasteiger partial charge in [0.1, 0.15) is 6.10 Å². The highest BCUT2D eigenvalue weighted by molar-refractivity contribution is 9.09. The highest BCUT2D eigenvalue weighted by Gasteiger charge is 2.17. The van der Waals surface area contributed by atoms with Crippen LogP contribution in [-0.4, -0.2) is 32.7 Å². The van der Waals surface area contributed by atoms with Crippen molar-refractivity contribution >= 4 is 21.9 Å². The van der Waals surface area contributed by atoms with Gasteiger partial charge in [-0.15, -0.1) is 0 Å². The lowest BCUT2D eigenvalue weighted by molar-refractivity contribution is -0.137. The van der Waals surface area contributed by atoms with Crippen LogP contribution < -0.4 is 0 Å². The second kappa shape index (κ2) is 8.30. The maximum Gasteiger partial charge on any atom is 0.303 e. The lowest BCUT2D eigenvalue weighted by Crippen LogP contribution is -2.18. The van der Waals surface area contributed by atoms with E-state index in [9.17, 15) is 15.0 Å². The Kier molecular flexibility index (Phi) is 7.05. The minimum atomic E-state index is -0.884. The standard InChI is InChI=1S/C14H19BrO4/c15-9-8-12(16)14(19)11-6-4-10(5-7-11)2-1-3-13(17)18/h4-7,12,14,16,19H,1-3,8-9H2,(H,17,18). The van der Waals surface area contributed by atoms with Crippen LogP contribution in [0, 0.1) is 0 Å². The van der Waals surface area contributed by atoms with E-state index in [2.05, 4.69) is 15.9 Å². The molecule has 0 aromatic heterocycles. The summed E-state index contributed by atoms with van der Waals surface area (Å²) in [6, 6.07) is 7.28. The minimum absolute atomic E-state index is 0.161. The number of carboxylic acids is 1. The number of aliphatic hydroxyl groups is 2. The van der Waals surface area contributed by atoms with E-state index in [0.29, 0.717) is 30.2 Å². The van der Waals surface area contributed by atoms with Gasteiger partial charge < -0.3 is 15.3 Å². The normalized spacial score (nSPS) is 14.1. The summed E-state index contributed by atoms with van der Waals surface area (Å²) in [6.45, 7) is 0. The van der Waals surface area contributed by atoms with Gasteiger partial charge in [-0.05, 0) is 30.4 Å². The summed E-state index contributed by atoms with van der Waals surface area (Å²) in [5.74, 6) is -0.787. The van der Waals surface area contributed by atoms with Gasteiger partial charge in [0.25, 0.3) is 0 Å². The third-order valence-electron chi connectivity index (χ3n) is 2.95. The first-order valence-corrected chi connectivity index (χ1v) is 7.39. The number of carbonyl (C=O) groups is 1. The number of carboxylic acid groups (broad SMARTS) is 1. The Hall–Kier alpha value is -0.910. The molecule has 0 fully saturated rings. The number of hydrogen-bond donors (Lipinski definition) is 3. The average molecular weight is 331 g/mol. The Balaban J connectivity index is 2.53. The number of alkyl halides is 1. The third-order valence-corrected chi connectivity index (χ3v) is 3.40. The van der Waals surface area contributed by atoms with Crippen LogP contribution in [0.2, 0.25) is 0 Å². The molecule has 0 aliphatic carbocycles. The van der Waals surface area contributed by atoms with E-state index in [4.69, 9.17) is 5.11 Å². The highest BCUT2D eigenvalue weighted by atomic mass is 79.9. The molecular formula is C14H19BrO4. The molecule has 0 saturated carbocycles. The van der Waals surface area contributed by atoms with Crippen LogP contribution in [0.4, 0.5) is 0 Å². The molecule has 0 saturated heterocycles. The smallest absolute Gasteiger partial charge is 0.303 e. The fourth-order valence-corrected chi connectivity index (χ4v) is 2.29. The van der Waals surface area contributed by atoms with Crippen molar-refractivity contribution in [2.75, 3.05) is 5.33 Å². The topological polar surface area (TPSA) is 77.8 Å². The fraction of sp³-hybridized carbons (Fsp3) is 0.500. The molecule has 1 aromatic carbocycles. The number of benzene rings is 1. The Morgan fingerprint density at radius 2 is 1.84 bits per heavy atom. The van der Waals surface area contributed by atoms with Crippen molar-refractivity contribution in [3.05, 3.63) is 35.4 Å². The predicted molar refractivity (Wildman–Crippen MR) is 76.4 cm³/mol. The summed E-state index contributed by atoms with van der Waals surface area (Å²) in [7, 11) is 0. The van der Waals surface area contributed by atoms with E-state index < -0.39 is 18.2 Å². The Labute approximate surface area is 121 Å². The zero-order valence-corrected chi connectivity index (χ0v) is 12.2. The van der Waals surface area contributed by atoms with Gasteiger partial charge in [-0.1, -0.05) is 40.2 Å². The number of hydrogen-bond acceptors (Lipinski definition) is 3. The van der Waals surface area contributed by atoms with E-state index in [0.717, 1.165) is 5.56 Å². The molecule has 3 N–H and O–H groups in total.